The number of nitrogens with zero attached hydrogens (tertiary/aromatic N) is 1. The average Bonchev–Trinajstić information content (AvgIpc) is 2.85. The van der Waals surface area contributed by atoms with E-state index >= 15 is 0 Å². The second-order valence-corrected chi connectivity index (χ2v) is 5.49. The maximum Gasteiger partial charge on any atom is 0.137 e. The van der Waals surface area contributed by atoms with E-state index < -0.39 is 0 Å². The molecule has 0 saturated heterocycles. The number of hydrogen-bond donors (Lipinski definition) is 1. The van der Waals surface area contributed by atoms with Gasteiger partial charge in [0.25, 0.3) is 0 Å². The van der Waals surface area contributed by atoms with Crippen LogP contribution in [0.25, 0.3) is 21.9 Å². The Morgan fingerprint density at radius 2 is 1.73 bits per heavy atom. The third-order valence-corrected chi connectivity index (χ3v) is 3.82. The lowest BCUT2D eigenvalue weighted by Gasteiger charge is -2.24. The fraction of sp³-hybridized carbons (Fsp3) is 0.333. The highest BCUT2D eigenvalue weighted by Gasteiger charge is 2.15. The molecule has 3 rings (SSSR count). The summed E-state index contributed by atoms with van der Waals surface area (Å²) < 4.78 is 5.97. The topological polar surface area (TPSA) is 42.4 Å². The molecule has 2 N–H and O–H groups in total. The van der Waals surface area contributed by atoms with Crippen molar-refractivity contribution in [1.82, 2.24) is 0 Å². The van der Waals surface area contributed by atoms with Crippen LogP contribution in [-0.2, 0) is 0 Å². The molecule has 0 amide bonds. The van der Waals surface area contributed by atoms with Gasteiger partial charge in [0.05, 0.1) is 5.39 Å². The number of furan rings is 1. The summed E-state index contributed by atoms with van der Waals surface area (Å²) in [5.41, 5.74) is 9.83. The lowest BCUT2D eigenvalue weighted by atomic mass is 10.1. The highest BCUT2D eigenvalue weighted by molar-refractivity contribution is 6.12. The molecule has 0 bridgehead atoms. The fourth-order valence-electron chi connectivity index (χ4n) is 2.98. The van der Waals surface area contributed by atoms with Gasteiger partial charge in [0.2, 0.25) is 0 Å². The van der Waals surface area contributed by atoms with Crippen LogP contribution in [0.3, 0.4) is 0 Å². The van der Waals surface area contributed by atoms with Gasteiger partial charge < -0.3 is 15.1 Å². The Morgan fingerprint density at radius 3 is 2.41 bits per heavy atom. The molecule has 0 saturated carbocycles. The van der Waals surface area contributed by atoms with Gasteiger partial charge in [-0.3, -0.25) is 0 Å². The normalized spacial score (nSPS) is 10.8. The third kappa shape index (κ3) is 2.86. The van der Waals surface area contributed by atoms with Gasteiger partial charge in [0.1, 0.15) is 11.2 Å². The monoisotopic (exact) mass is 318 g/mol. The summed E-state index contributed by atoms with van der Waals surface area (Å²) in [5, 5.41) is 2.29. The second kappa shape index (κ2) is 6.93. The van der Waals surface area contributed by atoms with Crippen LogP contribution in [0.1, 0.15) is 26.7 Å². The molecule has 4 heteroatoms. The third-order valence-electron chi connectivity index (χ3n) is 3.82. The van der Waals surface area contributed by atoms with Crippen LogP contribution in [0.5, 0.6) is 0 Å². The van der Waals surface area contributed by atoms with Gasteiger partial charge in [-0.25, -0.2) is 0 Å². The molecule has 0 aliphatic rings. The van der Waals surface area contributed by atoms with Gasteiger partial charge in [-0.15, -0.1) is 12.4 Å². The lowest BCUT2D eigenvalue weighted by Crippen LogP contribution is -2.24. The van der Waals surface area contributed by atoms with Crippen LogP contribution in [0.4, 0.5) is 11.4 Å². The van der Waals surface area contributed by atoms with Crippen molar-refractivity contribution in [2.75, 3.05) is 23.7 Å². The summed E-state index contributed by atoms with van der Waals surface area (Å²) in [5.74, 6) is 0. The number of hydrogen-bond acceptors (Lipinski definition) is 3. The van der Waals surface area contributed by atoms with Gasteiger partial charge in [-0.05, 0) is 43.2 Å². The minimum atomic E-state index is 0. The predicted molar refractivity (Wildman–Crippen MR) is 98.2 cm³/mol. The summed E-state index contributed by atoms with van der Waals surface area (Å²) in [4.78, 5) is 2.44. The zero-order valence-corrected chi connectivity index (χ0v) is 14.0. The van der Waals surface area contributed by atoms with Crippen molar-refractivity contribution >= 4 is 45.7 Å². The molecule has 1 aromatic heterocycles. The lowest BCUT2D eigenvalue weighted by molar-refractivity contribution is 0.668. The van der Waals surface area contributed by atoms with Crippen LogP contribution in [-0.4, -0.2) is 13.1 Å². The number of nitrogen functional groups attached to an aromatic ring is 1. The molecule has 0 atom stereocenters. The molecule has 3 nitrogen and oxygen atoms in total. The Bertz CT molecular complexity index is 760. The van der Waals surface area contributed by atoms with Crippen molar-refractivity contribution in [3.8, 4) is 0 Å². The van der Waals surface area contributed by atoms with E-state index in [0.29, 0.717) is 0 Å². The molecule has 2 aromatic carbocycles. The van der Waals surface area contributed by atoms with E-state index in [-0.39, 0.29) is 12.4 Å². The molecule has 0 aliphatic carbocycles. The summed E-state index contributed by atoms with van der Waals surface area (Å²) in [6.07, 6.45) is 2.27. The average molecular weight is 319 g/mol. The van der Waals surface area contributed by atoms with E-state index in [1.807, 2.05) is 24.3 Å². The highest BCUT2D eigenvalue weighted by Crippen LogP contribution is 2.36. The quantitative estimate of drug-likeness (QED) is 0.656. The number of halogens is 1. The van der Waals surface area contributed by atoms with Crippen LogP contribution >= 0.6 is 12.4 Å². The van der Waals surface area contributed by atoms with Gasteiger partial charge in [0, 0.05) is 29.9 Å². The van der Waals surface area contributed by atoms with Gasteiger partial charge in [0.15, 0.2) is 0 Å². The summed E-state index contributed by atoms with van der Waals surface area (Å²) in [6.45, 7) is 6.55. The van der Waals surface area contributed by atoms with E-state index in [9.17, 15) is 0 Å². The van der Waals surface area contributed by atoms with E-state index in [2.05, 4.69) is 30.9 Å². The molecule has 3 aromatic rings. The molecule has 0 spiro atoms. The standard InChI is InChI=1S/C18H22N2O.ClH/c1-3-10-20(11-4-2)15-6-5-7-17-18(15)14-12-13(19)8-9-16(14)21-17;/h5-9,12H,3-4,10-11,19H2,1-2H3;1H. The molecule has 0 aliphatic heterocycles. The van der Waals surface area contributed by atoms with Crippen molar-refractivity contribution in [2.24, 2.45) is 0 Å². The zero-order chi connectivity index (χ0) is 14.8. The minimum Gasteiger partial charge on any atom is -0.456 e. The molecular weight excluding hydrogens is 296 g/mol. The first kappa shape index (κ1) is 16.5. The van der Waals surface area contributed by atoms with Crippen molar-refractivity contribution in [3.05, 3.63) is 36.4 Å². The minimum absolute atomic E-state index is 0. The number of fused-ring (bicyclic) bond motifs is 3. The number of anilines is 2. The SMILES string of the molecule is CCCN(CCC)c1cccc2oc3ccc(N)cc3c12.Cl. The molecule has 1 heterocycles. The Labute approximate surface area is 137 Å². The predicted octanol–water partition coefficient (Wildman–Crippen LogP) is 5.22. The van der Waals surface area contributed by atoms with Crippen LogP contribution in [0, 0.1) is 0 Å². The second-order valence-electron chi connectivity index (χ2n) is 5.49. The molecule has 22 heavy (non-hydrogen) atoms. The maximum atomic E-state index is 5.97. The first-order valence-corrected chi connectivity index (χ1v) is 7.70. The fourth-order valence-corrected chi connectivity index (χ4v) is 2.98. The van der Waals surface area contributed by atoms with Gasteiger partial charge in [-0.2, -0.15) is 0 Å². The Hall–Kier alpha value is -1.87. The summed E-state index contributed by atoms with van der Waals surface area (Å²) in [6, 6.07) is 12.2. The van der Waals surface area contributed by atoms with Crippen LogP contribution in [0.2, 0.25) is 0 Å². The largest absolute Gasteiger partial charge is 0.456 e. The zero-order valence-electron chi connectivity index (χ0n) is 13.1. The van der Waals surface area contributed by atoms with E-state index in [1.165, 1.54) is 11.1 Å². The summed E-state index contributed by atoms with van der Waals surface area (Å²) in [7, 11) is 0. The van der Waals surface area contributed by atoms with Crippen molar-refractivity contribution < 1.29 is 4.42 Å². The molecule has 0 radical (unpaired) electrons. The Balaban J connectivity index is 0.00000176. The smallest absolute Gasteiger partial charge is 0.137 e. The van der Waals surface area contributed by atoms with Crippen molar-refractivity contribution in [3.63, 3.8) is 0 Å². The van der Waals surface area contributed by atoms with E-state index in [1.54, 1.807) is 0 Å². The Morgan fingerprint density at radius 1 is 1.00 bits per heavy atom. The van der Waals surface area contributed by atoms with E-state index in [0.717, 1.165) is 48.2 Å². The molecule has 0 fully saturated rings. The molecular formula is C18H23ClN2O. The Kier molecular flexibility index (Phi) is 5.19. The number of nitrogens with two attached hydrogens (primary N) is 1. The first-order valence-electron chi connectivity index (χ1n) is 7.70. The highest BCUT2D eigenvalue weighted by atomic mass is 35.5. The van der Waals surface area contributed by atoms with Gasteiger partial charge in [-0.1, -0.05) is 19.9 Å². The molecule has 0 unspecified atom stereocenters. The van der Waals surface area contributed by atoms with Gasteiger partial charge >= 0.3 is 0 Å². The molecule has 118 valence electrons. The number of benzene rings is 2. The van der Waals surface area contributed by atoms with Crippen LogP contribution < -0.4 is 10.6 Å². The van der Waals surface area contributed by atoms with E-state index in [4.69, 9.17) is 10.2 Å². The summed E-state index contributed by atoms with van der Waals surface area (Å²) >= 11 is 0. The van der Waals surface area contributed by atoms with Crippen molar-refractivity contribution in [2.45, 2.75) is 26.7 Å². The van der Waals surface area contributed by atoms with Crippen LogP contribution in [0.15, 0.2) is 40.8 Å². The maximum absolute atomic E-state index is 5.97. The number of rotatable bonds is 5. The first-order chi connectivity index (χ1) is 10.2. The van der Waals surface area contributed by atoms with Crippen molar-refractivity contribution in [1.29, 1.82) is 0 Å².